The second-order valence-electron chi connectivity index (χ2n) is 8.13. The number of carbonyl (C=O) groups is 1. The summed E-state index contributed by atoms with van der Waals surface area (Å²) >= 11 is 0. The highest BCUT2D eigenvalue weighted by atomic mass is 16.7. The Morgan fingerprint density at radius 2 is 1.80 bits per heavy atom. The van der Waals surface area contributed by atoms with Crippen molar-refractivity contribution in [1.82, 2.24) is 9.88 Å². The quantitative estimate of drug-likeness (QED) is 0.864. The van der Waals surface area contributed by atoms with Crippen molar-refractivity contribution < 1.29 is 14.3 Å². The summed E-state index contributed by atoms with van der Waals surface area (Å²) < 4.78 is 11.5. The Balaban J connectivity index is 1.52. The molecule has 0 radical (unpaired) electrons. The van der Waals surface area contributed by atoms with E-state index in [4.69, 9.17) is 9.47 Å². The van der Waals surface area contributed by atoms with Gasteiger partial charge < -0.3 is 19.4 Å². The van der Waals surface area contributed by atoms with Crippen LogP contribution >= 0.6 is 0 Å². The summed E-state index contributed by atoms with van der Waals surface area (Å²) in [6, 6.07) is 8.34. The molecule has 4 rings (SSSR count). The Labute approximate surface area is 148 Å². The Morgan fingerprint density at radius 1 is 1.12 bits per heavy atom. The van der Waals surface area contributed by atoms with E-state index in [9.17, 15) is 4.79 Å². The number of piperidine rings is 1. The number of aromatic nitrogens is 1. The third-order valence-electron chi connectivity index (χ3n) is 5.34. The minimum atomic E-state index is -0.446. The van der Waals surface area contributed by atoms with E-state index < -0.39 is 5.79 Å². The van der Waals surface area contributed by atoms with Gasteiger partial charge in [0.2, 0.25) is 0 Å². The van der Waals surface area contributed by atoms with Gasteiger partial charge in [0.15, 0.2) is 5.79 Å². The molecule has 0 aliphatic carbocycles. The first-order valence-electron chi connectivity index (χ1n) is 9.07. The van der Waals surface area contributed by atoms with E-state index in [1.807, 2.05) is 11.0 Å². The molecule has 1 spiro atoms. The molecule has 1 N–H and O–H groups in total. The minimum absolute atomic E-state index is 0.0568. The minimum Gasteiger partial charge on any atom is -0.351 e. The molecular formula is C20H26N2O3. The number of aromatic amines is 1. The lowest BCUT2D eigenvalue weighted by atomic mass is 9.87. The number of amides is 1. The van der Waals surface area contributed by atoms with Crippen LogP contribution in [0.4, 0.5) is 0 Å². The lowest BCUT2D eigenvalue weighted by Gasteiger charge is -2.37. The number of hydrogen-bond donors (Lipinski definition) is 1. The van der Waals surface area contributed by atoms with Gasteiger partial charge in [0, 0.05) is 36.8 Å². The number of carbonyl (C=O) groups excluding carboxylic acids is 1. The van der Waals surface area contributed by atoms with Crippen molar-refractivity contribution in [3.8, 4) is 0 Å². The topological polar surface area (TPSA) is 54.6 Å². The van der Waals surface area contributed by atoms with Gasteiger partial charge in [0.25, 0.3) is 5.91 Å². The molecule has 5 nitrogen and oxygen atoms in total. The molecule has 0 unspecified atom stereocenters. The number of H-pyrrole nitrogens is 1. The van der Waals surface area contributed by atoms with E-state index in [-0.39, 0.29) is 11.3 Å². The standard InChI is InChI=1S/C20H26N2O3/c1-19(2,3)15-5-4-14-12-17(21-16(14)13-15)18(23)22-8-6-20(7-9-22)24-10-11-25-20/h4-5,12-13,21H,6-11H2,1-3H3. The fourth-order valence-electron chi connectivity index (χ4n) is 3.72. The van der Waals surface area contributed by atoms with Crippen LogP contribution in [0, 0.1) is 0 Å². The first-order valence-corrected chi connectivity index (χ1v) is 9.07. The summed E-state index contributed by atoms with van der Waals surface area (Å²) in [5, 5.41) is 1.08. The monoisotopic (exact) mass is 342 g/mol. The molecule has 5 heteroatoms. The van der Waals surface area contributed by atoms with Crippen LogP contribution in [-0.4, -0.2) is 47.9 Å². The summed E-state index contributed by atoms with van der Waals surface area (Å²) in [6.07, 6.45) is 1.49. The zero-order valence-corrected chi connectivity index (χ0v) is 15.2. The molecule has 25 heavy (non-hydrogen) atoms. The van der Waals surface area contributed by atoms with Crippen molar-refractivity contribution in [2.75, 3.05) is 26.3 Å². The van der Waals surface area contributed by atoms with Crippen LogP contribution in [0.3, 0.4) is 0 Å². The van der Waals surface area contributed by atoms with Crippen LogP contribution < -0.4 is 0 Å². The number of nitrogens with one attached hydrogen (secondary N) is 1. The van der Waals surface area contributed by atoms with Crippen molar-refractivity contribution in [3.63, 3.8) is 0 Å². The van der Waals surface area contributed by atoms with Crippen LogP contribution in [-0.2, 0) is 14.9 Å². The molecule has 1 amide bonds. The van der Waals surface area contributed by atoms with Gasteiger partial charge in [-0.25, -0.2) is 0 Å². The molecule has 3 heterocycles. The molecule has 0 atom stereocenters. The zero-order valence-electron chi connectivity index (χ0n) is 15.2. The van der Waals surface area contributed by atoms with Gasteiger partial charge in [-0.15, -0.1) is 0 Å². The fourth-order valence-corrected chi connectivity index (χ4v) is 3.72. The van der Waals surface area contributed by atoms with Crippen LogP contribution in [0.5, 0.6) is 0 Å². The highest BCUT2D eigenvalue weighted by molar-refractivity contribution is 5.98. The Kier molecular flexibility index (Phi) is 3.89. The number of likely N-dealkylation sites (tertiary alicyclic amines) is 1. The number of benzene rings is 1. The normalized spacial score (nSPS) is 20.5. The largest absolute Gasteiger partial charge is 0.351 e. The molecule has 2 saturated heterocycles. The molecule has 2 aliphatic rings. The van der Waals surface area contributed by atoms with Gasteiger partial charge in [-0.2, -0.15) is 0 Å². The smallest absolute Gasteiger partial charge is 0.270 e. The molecule has 2 aromatic rings. The molecule has 2 aliphatic heterocycles. The van der Waals surface area contributed by atoms with E-state index in [1.165, 1.54) is 5.56 Å². The predicted octanol–water partition coefficient (Wildman–Crippen LogP) is 3.44. The van der Waals surface area contributed by atoms with E-state index in [1.54, 1.807) is 0 Å². The van der Waals surface area contributed by atoms with E-state index in [2.05, 4.69) is 44.0 Å². The third kappa shape index (κ3) is 3.07. The second-order valence-corrected chi connectivity index (χ2v) is 8.13. The number of rotatable bonds is 1. The Morgan fingerprint density at radius 3 is 2.44 bits per heavy atom. The number of ether oxygens (including phenoxy) is 2. The van der Waals surface area contributed by atoms with Gasteiger partial charge in [-0.3, -0.25) is 4.79 Å². The van der Waals surface area contributed by atoms with Gasteiger partial charge >= 0.3 is 0 Å². The maximum Gasteiger partial charge on any atom is 0.270 e. The van der Waals surface area contributed by atoms with Crippen LogP contribution in [0.15, 0.2) is 24.3 Å². The van der Waals surface area contributed by atoms with Crippen molar-refractivity contribution in [2.45, 2.75) is 44.8 Å². The van der Waals surface area contributed by atoms with E-state index in [0.29, 0.717) is 32.0 Å². The van der Waals surface area contributed by atoms with Crippen LogP contribution in [0.1, 0.15) is 49.7 Å². The highest BCUT2D eigenvalue weighted by Gasteiger charge is 2.41. The molecule has 1 aromatic heterocycles. The van der Waals surface area contributed by atoms with Gasteiger partial charge in [-0.1, -0.05) is 32.9 Å². The van der Waals surface area contributed by atoms with Crippen LogP contribution in [0.2, 0.25) is 0 Å². The van der Waals surface area contributed by atoms with Crippen molar-refractivity contribution in [2.24, 2.45) is 0 Å². The maximum atomic E-state index is 12.9. The average Bonchev–Trinajstić information content (AvgIpc) is 3.20. The summed E-state index contributed by atoms with van der Waals surface area (Å²) in [6.45, 7) is 9.24. The molecule has 0 bridgehead atoms. The Bertz CT molecular complexity index is 787. The SMILES string of the molecule is CC(C)(C)c1ccc2cc(C(=O)N3CCC4(CC3)OCCO4)[nH]c2c1. The molecule has 0 saturated carbocycles. The van der Waals surface area contributed by atoms with Crippen molar-refractivity contribution in [1.29, 1.82) is 0 Å². The average molecular weight is 342 g/mol. The molecule has 1 aromatic carbocycles. The van der Waals surface area contributed by atoms with Crippen LogP contribution in [0.25, 0.3) is 10.9 Å². The van der Waals surface area contributed by atoms with Crippen molar-refractivity contribution in [3.05, 3.63) is 35.5 Å². The summed E-state index contributed by atoms with van der Waals surface area (Å²) in [7, 11) is 0. The number of nitrogens with zero attached hydrogens (tertiary/aromatic N) is 1. The maximum absolute atomic E-state index is 12.9. The summed E-state index contributed by atoms with van der Waals surface area (Å²) in [5.74, 6) is -0.389. The number of hydrogen-bond acceptors (Lipinski definition) is 3. The second kappa shape index (κ2) is 5.85. The van der Waals surface area contributed by atoms with Gasteiger partial charge in [0.05, 0.1) is 13.2 Å². The lowest BCUT2D eigenvalue weighted by Crippen LogP contribution is -2.47. The fraction of sp³-hybridized carbons (Fsp3) is 0.550. The first kappa shape index (κ1) is 16.6. The lowest BCUT2D eigenvalue weighted by molar-refractivity contribution is -0.181. The van der Waals surface area contributed by atoms with E-state index >= 15 is 0 Å². The highest BCUT2D eigenvalue weighted by Crippen LogP contribution is 2.32. The summed E-state index contributed by atoms with van der Waals surface area (Å²) in [5.41, 5.74) is 3.03. The van der Waals surface area contributed by atoms with Gasteiger partial charge in [0.1, 0.15) is 5.69 Å². The van der Waals surface area contributed by atoms with Gasteiger partial charge in [-0.05, 0) is 23.1 Å². The Hall–Kier alpha value is -1.85. The molecule has 2 fully saturated rings. The first-order chi connectivity index (χ1) is 11.9. The molecule has 134 valence electrons. The van der Waals surface area contributed by atoms with Crippen molar-refractivity contribution >= 4 is 16.8 Å². The van der Waals surface area contributed by atoms with E-state index in [0.717, 1.165) is 23.7 Å². The molecular weight excluding hydrogens is 316 g/mol. The summed E-state index contributed by atoms with van der Waals surface area (Å²) in [4.78, 5) is 18.1. The zero-order chi connectivity index (χ0) is 17.7. The third-order valence-corrected chi connectivity index (χ3v) is 5.34. The predicted molar refractivity (Wildman–Crippen MR) is 96.8 cm³/mol. The number of fused-ring (bicyclic) bond motifs is 1.